The van der Waals surface area contributed by atoms with Gasteiger partial charge in [-0.15, -0.1) is 0 Å². The van der Waals surface area contributed by atoms with E-state index in [9.17, 15) is 18.0 Å². The Bertz CT molecular complexity index is 1040. The first-order valence-electron chi connectivity index (χ1n) is 8.86. The van der Waals surface area contributed by atoms with Gasteiger partial charge in [0.2, 0.25) is 0 Å². The van der Waals surface area contributed by atoms with Gasteiger partial charge >= 0.3 is 5.92 Å². The number of H-pyrrole nitrogens is 1. The maximum absolute atomic E-state index is 14.5. The van der Waals surface area contributed by atoms with Gasteiger partial charge in [-0.1, -0.05) is 12.1 Å². The summed E-state index contributed by atoms with van der Waals surface area (Å²) < 4.78 is 48.8. The number of hydrogen-bond acceptors (Lipinski definition) is 3. The predicted molar refractivity (Wildman–Crippen MR) is 89.7 cm³/mol. The Labute approximate surface area is 152 Å². The van der Waals surface area contributed by atoms with Crippen LogP contribution < -0.4 is 0 Å². The van der Waals surface area contributed by atoms with Gasteiger partial charge in [-0.2, -0.15) is 8.78 Å². The van der Waals surface area contributed by atoms with Gasteiger partial charge in [-0.25, -0.2) is 9.37 Å². The van der Waals surface area contributed by atoms with Crippen LogP contribution in [0.4, 0.5) is 13.2 Å². The Balaban J connectivity index is 1.62. The predicted octanol–water partition coefficient (Wildman–Crippen LogP) is 3.81. The van der Waals surface area contributed by atoms with Gasteiger partial charge in [-0.3, -0.25) is 4.79 Å². The highest BCUT2D eigenvalue weighted by Crippen LogP contribution is 2.46. The molecule has 140 valence electrons. The zero-order valence-corrected chi connectivity index (χ0v) is 14.2. The van der Waals surface area contributed by atoms with E-state index in [1.807, 2.05) is 0 Å². The number of aromatic nitrogens is 2. The number of carbonyl (C=O) groups excluding carboxylic acids is 1. The molecule has 1 aliphatic heterocycles. The highest BCUT2D eigenvalue weighted by Gasteiger charge is 2.56. The average molecular weight is 375 g/mol. The van der Waals surface area contributed by atoms with Crippen LogP contribution in [0.3, 0.4) is 0 Å². The third-order valence-corrected chi connectivity index (χ3v) is 5.35. The fourth-order valence-corrected chi connectivity index (χ4v) is 3.78. The molecule has 2 aliphatic rings. The summed E-state index contributed by atoms with van der Waals surface area (Å²) in [6, 6.07) is 5.15. The molecule has 1 saturated carbocycles. The van der Waals surface area contributed by atoms with Gasteiger partial charge in [0.15, 0.2) is 11.4 Å². The molecule has 2 aromatic heterocycles. The van der Waals surface area contributed by atoms with Gasteiger partial charge in [-0.05, 0) is 25.0 Å². The second kappa shape index (κ2) is 5.61. The summed E-state index contributed by atoms with van der Waals surface area (Å²) in [6.07, 6.45) is 2.56. The first-order chi connectivity index (χ1) is 13.0. The monoisotopic (exact) mass is 375 g/mol. The average Bonchev–Trinajstić information content (AvgIpc) is 3.25. The van der Waals surface area contributed by atoms with E-state index < -0.39 is 29.6 Å². The van der Waals surface area contributed by atoms with Gasteiger partial charge in [0, 0.05) is 30.0 Å². The molecule has 1 N–H and O–H groups in total. The van der Waals surface area contributed by atoms with E-state index in [2.05, 4.69) is 9.97 Å². The Morgan fingerprint density at radius 3 is 2.89 bits per heavy atom. The molecule has 0 saturated heterocycles. The van der Waals surface area contributed by atoms with Crippen LogP contribution in [0.15, 0.2) is 35.0 Å². The standard InChI is InChI=1S/C19H16F3N3O2/c20-12-3-1-2-10-8-14(27-17(10)12)16-15-13(23-9-24-15)6-7-25(16)18(26)19(21,22)11-4-5-11/h1-3,8-9,11,16H,4-7H2,(H,23,24)/t16-/m1/s1. The van der Waals surface area contributed by atoms with Crippen molar-refractivity contribution in [3.63, 3.8) is 0 Å². The Kier molecular flexibility index (Phi) is 3.41. The van der Waals surface area contributed by atoms with Crippen LogP contribution in [0, 0.1) is 11.7 Å². The fraction of sp³-hybridized carbons (Fsp3) is 0.368. The smallest absolute Gasteiger partial charge is 0.327 e. The van der Waals surface area contributed by atoms with Gasteiger partial charge in [0.1, 0.15) is 11.8 Å². The maximum Gasteiger partial charge on any atom is 0.327 e. The molecule has 0 unspecified atom stereocenters. The van der Waals surface area contributed by atoms with Crippen molar-refractivity contribution in [2.45, 2.75) is 31.2 Å². The second-order valence-corrected chi connectivity index (χ2v) is 7.12. The summed E-state index contributed by atoms with van der Waals surface area (Å²) in [5.41, 5.74) is 1.26. The minimum Gasteiger partial charge on any atom is -0.455 e. The summed E-state index contributed by atoms with van der Waals surface area (Å²) in [5, 5.41) is 0.508. The van der Waals surface area contributed by atoms with Crippen molar-refractivity contribution in [2.75, 3.05) is 6.54 Å². The van der Waals surface area contributed by atoms with Crippen LogP contribution in [-0.2, 0) is 11.2 Å². The number of amides is 1. The van der Waals surface area contributed by atoms with Crippen LogP contribution in [0.2, 0.25) is 0 Å². The molecule has 27 heavy (non-hydrogen) atoms. The van der Waals surface area contributed by atoms with E-state index in [-0.39, 0.29) is 17.9 Å². The lowest BCUT2D eigenvalue weighted by atomic mass is 9.98. The van der Waals surface area contributed by atoms with Crippen molar-refractivity contribution < 1.29 is 22.4 Å². The van der Waals surface area contributed by atoms with Gasteiger partial charge in [0.05, 0.1) is 12.0 Å². The highest BCUT2D eigenvalue weighted by molar-refractivity contribution is 5.86. The minimum atomic E-state index is -3.41. The molecule has 0 radical (unpaired) electrons. The number of para-hydroxylation sites is 1. The summed E-state index contributed by atoms with van der Waals surface area (Å²) in [4.78, 5) is 21.1. The first-order valence-corrected chi connectivity index (χ1v) is 8.86. The van der Waals surface area contributed by atoms with Crippen molar-refractivity contribution in [1.82, 2.24) is 14.9 Å². The number of furan rings is 1. The summed E-state index contributed by atoms with van der Waals surface area (Å²) in [6.45, 7) is 0.112. The van der Waals surface area contributed by atoms with Crippen LogP contribution in [-0.4, -0.2) is 33.2 Å². The lowest BCUT2D eigenvalue weighted by molar-refractivity contribution is -0.163. The fourth-order valence-electron chi connectivity index (χ4n) is 3.78. The number of rotatable bonds is 3. The third-order valence-electron chi connectivity index (χ3n) is 5.35. The number of hydrogen-bond donors (Lipinski definition) is 1. The van der Waals surface area contributed by atoms with E-state index in [0.29, 0.717) is 30.3 Å². The first kappa shape index (κ1) is 16.4. The molecule has 1 aromatic carbocycles. The summed E-state index contributed by atoms with van der Waals surface area (Å²) >= 11 is 0. The number of halogens is 3. The Hall–Kier alpha value is -2.77. The Morgan fingerprint density at radius 1 is 1.33 bits per heavy atom. The zero-order chi connectivity index (χ0) is 18.8. The molecule has 1 fully saturated rings. The van der Waals surface area contributed by atoms with Crippen LogP contribution in [0.1, 0.15) is 36.0 Å². The molecule has 1 atom stereocenters. The molecule has 0 bridgehead atoms. The molecule has 3 aromatic rings. The van der Waals surface area contributed by atoms with Crippen molar-refractivity contribution >= 4 is 16.9 Å². The van der Waals surface area contributed by atoms with Crippen LogP contribution in [0.25, 0.3) is 11.0 Å². The number of fused-ring (bicyclic) bond motifs is 2. The largest absolute Gasteiger partial charge is 0.455 e. The van der Waals surface area contributed by atoms with Crippen molar-refractivity contribution in [3.05, 3.63) is 53.6 Å². The summed E-state index contributed by atoms with van der Waals surface area (Å²) in [5.74, 6) is -5.85. The minimum absolute atomic E-state index is 0.0384. The molecule has 3 heterocycles. The van der Waals surface area contributed by atoms with E-state index in [0.717, 1.165) is 10.6 Å². The van der Waals surface area contributed by atoms with Gasteiger partial charge in [0.25, 0.3) is 5.91 Å². The number of carbonyl (C=O) groups is 1. The third kappa shape index (κ3) is 2.46. The van der Waals surface area contributed by atoms with E-state index in [4.69, 9.17) is 4.42 Å². The SMILES string of the molecule is O=C(N1CCc2[nH]cnc2[C@H]1c1cc2cccc(F)c2o1)C(F)(F)C1CC1. The van der Waals surface area contributed by atoms with Crippen LogP contribution >= 0.6 is 0 Å². The quantitative estimate of drug-likeness (QED) is 0.757. The highest BCUT2D eigenvalue weighted by atomic mass is 19.3. The van der Waals surface area contributed by atoms with E-state index in [1.165, 1.54) is 12.4 Å². The zero-order valence-electron chi connectivity index (χ0n) is 14.2. The summed E-state index contributed by atoms with van der Waals surface area (Å²) in [7, 11) is 0. The lowest BCUT2D eigenvalue weighted by Gasteiger charge is -2.35. The van der Waals surface area contributed by atoms with Crippen LogP contribution in [0.5, 0.6) is 0 Å². The van der Waals surface area contributed by atoms with E-state index >= 15 is 0 Å². The Morgan fingerprint density at radius 2 is 2.15 bits per heavy atom. The van der Waals surface area contributed by atoms with Crippen molar-refractivity contribution in [2.24, 2.45) is 5.92 Å². The number of nitrogens with one attached hydrogen (secondary N) is 1. The number of alkyl halides is 2. The number of aromatic amines is 1. The molecule has 1 amide bonds. The lowest BCUT2D eigenvalue weighted by Crippen LogP contribution is -2.49. The second-order valence-electron chi connectivity index (χ2n) is 7.12. The van der Waals surface area contributed by atoms with Crippen molar-refractivity contribution in [3.8, 4) is 0 Å². The maximum atomic E-state index is 14.5. The molecule has 5 rings (SSSR count). The molecule has 8 heteroatoms. The number of benzene rings is 1. The van der Waals surface area contributed by atoms with E-state index in [1.54, 1.807) is 18.2 Å². The molecule has 5 nitrogen and oxygen atoms in total. The molecule has 0 spiro atoms. The van der Waals surface area contributed by atoms with Gasteiger partial charge < -0.3 is 14.3 Å². The molecular formula is C19H16F3N3O2. The normalized spacial score (nSPS) is 20.1. The van der Waals surface area contributed by atoms with Crippen molar-refractivity contribution in [1.29, 1.82) is 0 Å². The molecule has 1 aliphatic carbocycles. The number of nitrogens with zero attached hydrogens (tertiary/aromatic N) is 2. The number of imidazole rings is 1. The topological polar surface area (TPSA) is 62.1 Å². The molecular weight excluding hydrogens is 359 g/mol.